The van der Waals surface area contributed by atoms with Crippen LogP contribution in [0.15, 0.2) is 24.3 Å². The average Bonchev–Trinajstić information content (AvgIpc) is 3.25. The van der Waals surface area contributed by atoms with E-state index < -0.39 is 0 Å². The van der Waals surface area contributed by atoms with Crippen molar-refractivity contribution < 1.29 is 14.2 Å². The molecule has 2 saturated heterocycles. The van der Waals surface area contributed by atoms with Gasteiger partial charge in [-0.25, -0.2) is 4.68 Å². The number of hydrogen-bond donors (Lipinski definition) is 1. The summed E-state index contributed by atoms with van der Waals surface area (Å²) in [6, 6.07) is 7.46. The highest BCUT2D eigenvalue weighted by atomic mass is 16.6. The first kappa shape index (κ1) is 13.6. The molecule has 4 atom stereocenters. The summed E-state index contributed by atoms with van der Waals surface area (Å²) in [5.41, 5.74) is 6.88. The summed E-state index contributed by atoms with van der Waals surface area (Å²) in [7, 11) is 1.63. The molecule has 2 N–H and O–H groups in total. The van der Waals surface area contributed by atoms with Gasteiger partial charge in [-0.2, -0.15) is 0 Å². The molecule has 0 bridgehead atoms. The minimum atomic E-state index is -0.108. The third-order valence-corrected chi connectivity index (χ3v) is 4.20. The quantitative estimate of drug-likeness (QED) is 0.853. The Morgan fingerprint density at radius 2 is 2.14 bits per heavy atom. The van der Waals surface area contributed by atoms with E-state index in [1.54, 1.807) is 11.8 Å². The molecule has 0 radical (unpaired) electrons. The molecule has 8 heteroatoms. The van der Waals surface area contributed by atoms with Crippen molar-refractivity contribution in [1.82, 2.24) is 20.2 Å². The van der Waals surface area contributed by atoms with Crippen molar-refractivity contribution >= 4 is 0 Å². The summed E-state index contributed by atoms with van der Waals surface area (Å²) in [5, 5.41) is 12.1. The van der Waals surface area contributed by atoms with Crippen LogP contribution in [0.3, 0.4) is 0 Å². The molecule has 0 aliphatic carbocycles. The van der Waals surface area contributed by atoms with Gasteiger partial charge in [0, 0.05) is 5.56 Å². The molecule has 0 amide bonds. The summed E-state index contributed by atoms with van der Waals surface area (Å²) >= 11 is 0. The summed E-state index contributed by atoms with van der Waals surface area (Å²) in [6.07, 6.45) is -0.199. The van der Waals surface area contributed by atoms with Crippen LogP contribution in [0.1, 0.15) is 6.04 Å². The van der Waals surface area contributed by atoms with Crippen LogP contribution in [0.5, 0.6) is 5.75 Å². The fourth-order valence-electron chi connectivity index (χ4n) is 3.09. The van der Waals surface area contributed by atoms with Gasteiger partial charge in [-0.15, -0.1) is 5.10 Å². The van der Waals surface area contributed by atoms with E-state index in [1.807, 2.05) is 24.3 Å². The number of nitrogens with zero attached hydrogens (tertiary/aromatic N) is 4. The summed E-state index contributed by atoms with van der Waals surface area (Å²) < 4.78 is 18.6. The second-order valence-corrected chi connectivity index (χ2v) is 5.51. The van der Waals surface area contributed by atoms with Gasteiger partial charge in [0.1, 0.15) is 24.0 Å². The summed E-state index contributed by atoms with van der Waals surface area (Å²) in [4.78, 5) is 0. The fourth-order valence-corrected chi connectivity index (χ4v) is 3.09. The molecular formula is C14H17N5O3. The Hall–Kier alpha value is -2.03. The molecule has 2 aliphatic rings. The van der Waals surface area contributed by atoms with E-state index in [0.29, 0.717) is 19.0 Å². The molecule has 22 heavy (non-hydrogen) atoms. The Labute approximate surface area is 127 Å². The van der Waals surface area contributed by atoms with Crippen molar-refractivity contribution in [3.05, 3.63) is 24.3 Å². The molecular weight excluding hydrogens is 286 g/mol. The molecule has 4 rings (SSSR count). The van der Waals surface area contributed by atoms with Crippen LogP contribution in [0.4, 0.5) is 0 Å². The van der Waals surface area contributed by atoms with Crippen LogP contribution >= 0.6 is 0 Å². The molecule has 8 nitrogen and oxygen atoms in total. The van der Waals surface area contributed by atoms with E-state index in [1.165, 1.54) is 0 Å². The van der Waals surface area contributed by atoms with Gasteiger partial charge in [0.15, 0.2) is 5.82 Å². The van der Waals surface area contributed by atoms with Gasteiger partial charge >= 0.3 is 0 Å². The second-order valence-electron chi connectivity index (χ2n) is 5.51. The van der Waals surface area contributed by atoms with Crippen molar-refractivity contribution in [1.29, 1.82) is 0 Å². The second kappa shape index (κ2) is 5.31. The van der Waals surface area contributed by atoms with Crippen molar-refractivity contribution in [3.8, 4) is 17.1 Å². The van der Waals surface area contributed by atoms with Crippen molar-refractivity contribution in [2.45, 2.75) is 24.3 Å². The molecule has 0 saturated carbocycles. The van der Waals surface area contributed by atoms with E-state index in [9.17, 15) is 0 Å². The molecule has 1 aromatic heterocycles. The number of methoxy groups -OCH3 is 1. The molecule has 2 fully saturated rings. The van der Waals surface area contributed by atoms with Gasteiger partial charge in [-0.05, 0) is 22.6 Å². The lowest BCUT2D eigenvalue weighted by atomic mass is 10.1. The van der Waals surface area contributed by atoms with Gasteiger partial charge in [0.2, 0.25) is 0 Å². The maximum atomic E-state index is 6.00. The first-order valence-electron chi connectivity index (χ1n) is 7.19. The number of benzene rings is 1. The summed E-state index contributed by atoms with van der Waals surface area (Å²) in [5.74, 6) is 1.42. The van der Waals surface area contributed by atoms with Crippen LogP contribution in [-0.4, -0.2) is 58.8 Å². The lowest BCUT2D eigenvalue weighted by Gasteiger charge is -2.17. The van der Waals surface area contributed by atoms with Crippen LogP contribution in [0.25, 0.3) is 11.4 Å². The third-order valence-electron chi connectivity index (χ3n) is 4.20. The van der Waals surface area contributed by atoms with E-state index >= 15 is 0 Å². The smallest absolute Gasteiger partial charge is 0.182 e. The monoisotopic (exact) mass is 303 g/mol. The van der Waals surface area contributed by atoms with E-state index in [-0.39, 0.29) is 24.3 Å². The lowest BCUT2D eigenvalue weighted by Crippen LogP contribution is -2.36. The Morgan fingerprint density at radius 1 is 1.27 bits per heavy atom. The molecule has 1 aromatic carbocycles. The van der Waals surface area contributed by atoms with Crippen LogP contribution < -0.4 is 10.5 Å². The number of tetrazole rings is 1. The number of nitrogens with two attached hydrogens (primary N) is 1. The molecule has 2 aromatic rings. The maximum absolute atomic E-state index is 6.00. The largest absolute Gasteiger partial charge is 0.497 e. The van der Waals surface area contributed by atoms with E-state index in [4.69, 9.17) is 19.9 Å². The highest BCUT2D eigenvalue weighted by Crippen LogP contribution is 2.35. The predicted molar refractivity (Wildman–Crippen MR) is 76.3 cm³/mol. The van der Waals surface area contributed by atoms with Gasteiger partial charge in [-0.3, -0.25) is 0 Å². The first-order chi connectivity index (χ1) is 10.8. The number of hydrogen-bond acceptors (Lipinski definition) is 7. The zero-order chi connectivity index (χ0) is 15.1. The minimum absolute atomic E-state index is 0.0743. The van der Waals surface area contributed by atoms with E-state index in [0.717, 1.165) is 11.3 Å². The van der Waals surface area contributed by atoms with Crippen LogP contribution in [0, 0.1) is 0 Å². The standard InChI is InChI=1S/C14H17N5O3/c1-20-9-4-2-3-8(5-9)14-16-17-18-19(14)11-7-22-12-10(15)6-21-13(11)12/h2-5,10-13H,6-7,15H2,1H3/t10-,11+,12-,13+/m0/s1. The lowest BCUT2D eigenvalue weighted by molar-refractivity contribution is 0.0629. The molecule has 0 unspecified atom stereocenters. The highest BCUT2D eigenvalue weighted by molar-refractivity contribution is 5.57. The molecule has 116 valence electrons. The Kier molecular flexibility index (Phi) is 3.29. The van der Waals surface area contributed by atoms with E-state index in [2.05, 4.69) is 15.5 Å². The van der Waals surface area contributed by atoms with Gasteiger partial charge in [0.05, 0.1) is 26.4 Å². The minimum Gasteiger partial charge on any atom is -0.497 e. The third kappa shape index (κ3) is 2.07. The Morgan fingerprint density at radius 3 is 3.00 bits per heavy atom. The first-order valence-corrected chi connectivity index (χ1v) is 7.19. The number of fused-ring (bicyclic) bond motifs is 1. The normalized spacial score (nSPS) is 30.5. The van der Waals surface area contributed by atoms with Crippen molar-refractivity contribution in [2.24, 2.45) is 5.73 Å². The fraction of sp³-hybridized carbons (Fsp3) is 0.500. The summed E-state index contributed by atoms with van der Waals surface area (Å²) in [6.45, 7) is 0.994. The number of ether oxygens (including phenoxy) is 3. The maximum Gasteiger partial charge on any atom is 0.182 e. The zero-order valence-electron chi connectivity index (χ0n) is 12.1. The van der Waals surface area contributed by atoms with Gasteiger partial charge < -0.3 is 19.9 Å². The van der Waals surface area contributed by atoms with Gasteiger partial charge in [0.25, 0.3) is 0 Å². The average molecular weight is 303 g/mol. The predicted octanol–water partition coefficient (Wildman–Crippen LogP) is 0.0147. The number of rotatable bonds is 3. The molecule has 3 heterocycles. The van der Waals surface area contributed by atoms with Crippen molar-refractivity contribution in [3.63, 3.8) is 0 Å². The Bertz CT molecular complexity index is 676. The zero-order valence-corrected chi connectivity index (χ0v) is 12.1. The topological polar surface area (TPSA) is 97.3 Å². The SMILES string of the molecule is COc1cccc(-c2nnnn2[C@@H]2CO[C@@H]3[C@@H]2OC[C@@H]3N)c1. The Balaban J connectivity index is 1.68. The van der Waals surface area contributed by atoms with Crippen molar-refractivity contribution in [2.75, 3.05) is 20.3 Å². The number of aromatic nitrogens is 4. The molecule has 2 aliphatic heterocycles. The molecule has 0 spiro atoms. The van der Waals surface area contributed by atoms with Crippen LogP contribution in [-0.2, 0) is 9.47 Å². The van der Waals surface area contributed by atoms with Gasteiger partial charge in [-0.1, -0.05) is 12.1 Å². The van der Waals surface area contributed by atoms with Crippen LogP contribution in [0.2, 0.25) is 0 Å². The highest BCUT2D eigenvalue weighted by Gasteiger charge is 2.48.